The van der Waals surface area contributed by atoms with E-state index in [1.807, 2.05) is 0 Å². The van der Waals surface area contributed by atoms with E-state index >= 15 is 0 Å². The Morgan fingerprint density at radius 3 is 3.00 bits per heavy atom. The van der Waals surface area contributed by atoms with Crippen molar-refractivity contribution in [3.8, 4) is 6.07 Å². The Bertz CT molecular complexity index is 676. The second-order valence-corrected chi connectivity index (χ2v) is 3.87. The van der Waals surface area contributed by atoms with Crippen LogP contribution in [0.25, 0.3) is 0 Å². The zero-order valence-electron chi connectivity index (χ0n) is 10.5. The van der Waals surface area contributed by atoms with Crippen LogP contribution >= 0.6 is 0 Å². The summed E-state index contributed by atoms with van der Waals surface area (Å²) in [6, 6.07) is 6.95. The largest absolute Gasteiger partial charge is 0.377 e. The fourth-order valence-corrected chi connectivity index (χ4v) is 1.50. The van der Waals surface area contributed by atoms with Crippen molar-refractivity contribution >= 4 is 11.6 Å². The number of nitriles is 1. The molecule has 1 aromatic heterocycles. The van der Waals surface area contributed by atoms with E-state index in [1.54, 1.807) is 6.07 Å². The van der Waals surface area contributed by atoms with E-state index < -0.39 is 11.7 Å². The molecule has 20 heavy (non-hydrogen) atoms. The monoisotopic (exact) mass is 275 g/mol. The van der Waals surface area contributed by atoms with Crippen LogP contribution < -0.4 is 5.32 Å². The molecule has 0 fully saturated rings. The fourth-order valence-electron chi connectivity index (χ4n) is 1.50. The molecule has 2 aromatic rings. The van der Waals surface area contributed by atoms with E-state index in [4.69, 9.17) is 14.5 Å². The van der Waals surface area contributed by atoms with Gasteiger partial charge in [0.2, 0.25) is 0 Å². The second-order valence-electron chi connectivity index (χ2n) is 3.87. The summed E-state index contributed by atoms with van der Waals surface area (Å²) in [6.07, 6.45) is 0. The Morgan fingerprint density at radius 1 is 1.55 bits per heavy atom. The average Bonchev–Trinajstić information content (AvgIpc) is 2.90. The molecule has 0 aliphatic heterocycles. The summed E-state index contributed by atoms with van der Waals surface area (Å²) >= 11 is 0. The smallest absolute Gasteiger partial charge is 0.277 e. The molecule has 102 valence electrons. The summed E-state index contributed by atoms with van der Waals surface area (Å²) in [4.78, 5) is 11.8. The lowest BCUT2D eigenvalue weighted by Gasteiger charge is -2.04. The van der Waals surface area contributed by atoms with E-state index in [-0.39, 0.29) is 23.6 Å². The SMILES string of the molecule is COCc1cc(C(=O)Nc2ccc(C#N)cc2F)no1. The summed E-state index contributed by atoms with van der Waals surface area (Å²) in [7, 11) is 1.48. The Balaban J connectivity index is 2.13. The van der Waals surface area contributed by atoms with Gasteiger partial charge in [0.1, 0.15) is 12.4 Å². The number of nitrogens with one attached hydrogen (secondary N) is 1. The number of carbonyl (C=O) groups is 1. The van der Waals surface area contributed by atoms with Crippen LogP contribution in [0.15, 0.2) is 28.8 Å². The Hall–Kier alpha value is -2.72. The van der Waals surface area contributed by atoms with Crippen molar-refractivity contribution in [2.75, 3.05) is 12.4 Å². The first-order valence-electron chi connectivity index (χ1n) is 5.59. The molecule has 1 N–H and O–H groups in total. The highest BCUT2D eigenvalue weighted by Gasteiger charge is 2.14. The second kappa shape index (κ2) is 5.95. The molecule has 2 rings (SSSR count). The molecule has 6 nitrogen and oxygen atoms in total. The van der Waals surface area contributed by atoms with E-state index in [0.717, 1.165) is 6.07 Å². The molecule has 0 unspecified atom stereocenters. The topological polar surface area (TPSA) is 88.1 Å². The number of nitrogens with zero attached hydrogens (tertiary/aromatic N) is 2. The third-order valence-corrected chi connectivity index (χ3v) is 2.42. The van der Waals surface area contributed by atoms with Gasteiger partial charge < -0.3 is 14.6 Å². The molecule has 0 aliphatic rings. The molecule has 0 bridgehead atoms. The van der Waals surface area contributed by atoms with Crippen LogP contribution in [-0.4, -0.2) is 18.2 Å². The van der Waals surface area contributed by atoms with Crippen LogP contribution in [0, 0.1) is 17.1 Å². The van der Waals surface area contributed by atoms with Crippen molar-refractivity contribution in [3.05, 3.63) is 47.1 Å². The van der Waals surface area contributed by atoms with E-state index in [2.05, 4.69) is 10.5 Å². The van der Waals surface area contributed by atoms with Gasteiger partial charge in [-0.05, 0) is 18.2 Å². The first kappa shape index (κ1) is 13.7. The molecular formula is C13H10FN3O3. The predicted molar refractivity (Wildman–Crippen MR) is 66.3 cm³/mol. The summed E-state index contributed by atoms with van der Waals surface area (Å²) in [5.74, 6) is -0.921. The van der Waals surface area contributed by atoms with Crippen LogP contribution in [-0.2, 0) is 11.3 Å². The van der Waals surface area contributed by atoms with Gasteiger partial charge in [-0.2, -0.15) is 5.26 Å². The lowest BCUT2D eigenvalue weighted by atomic mass is 10.2. The number of hydrogen-bond donors (Lipinski definition) is 1. The zero-order chi connectivity index (χ0) is 14.5. The number of anilines is 1. The number of carbonyl (C=O) groups excluding carboxylic acids is 1. The van der Waals surface area contributed by atoms with Gasteiger partial charge in [-0.3, -0.25) is 4.79 Å². The molecule has 0 saturated heterocycles. The molecule has 0 saturated carbocycles. The van der Waals surface area contributed by atoms with Crippen LogP contribution in [0.3, 0.4) is 0 Å². The first-order chi connectivity index (χ1) is 9.63. The highest BCUT2D eigenvalue weighted by atomic mass is 19.1. The standard InChI is InChI=1S/C13H10FN3O3/c1-19-7-9-5-12(17-20-9)13(18)16-11-3-2-8(6-15)4-10(11)14/h2-5H,7H2,1H3,(H,16,18). The number of ether oxygens (including phenoxy) is 1. The molecule has 7 heteroatoms. The highest BCUT2D eigenvalue weighted by molar-refractivity contribution is 6.02. The number of hydrogen-bond acceptors (Lipinski definition) is 5. The van der Waals surface area contributed by atoms with Crippen molar-refractivity contribution in [1.29, 1.82) is 5.26 Å². The predicted octanol–water partition coefficient (Wildman–Crippen LogP) is 2.08. The number of benzene rings is 1. The molecule has 1 amide bonds. The number of methoxy groups -OCH3 is 1. The Morgan fingerprint density at radius 2 is 2.35 bits per heavy atom. The highest BCUT2D eigenvalue weighted by Crippen LogP contribution is 2.16. The van der Waals surface area contributed by atoms with Crippen LogP contribution in [0.2, 0.25) is 0 Å². The number of rotatable bonds is 4. The minimum atomic E-state index is -0.696. The van der Waals surface area contributed by atoms with Crippen molar-refractivity contribution in [2.24, 2.45) is 0 Å². The van der Waals surface area contributed by atoms with Gasteiger partial charge >= 0.3 is 0 Å². The zero-order valence-corrected chi connectivity index (χ0v) is 10.5. The van der Waals surface area contributed by atoms with E-state index in [1.165, 1.54) is 25.3 Å². The number of halogens is 1. The summed E-state index contributed by atoms with van der Waals surface area (Å²) in [5, 5.41) is 14.5. The van der Waals surface area contributed by atoms with Gasteiger partial charge in [0.05, 0.1) is 17.3 Å². The normalized spacial score (nSPS) is 10.1. The molecule has 0 radical (unpaired) electrons. The van der Waals surface area contributed by atoms with Crippen LogP contribution in [0.4, 0.5) is 10.1 Å². The average molecular weight is 275 g/mol. The summed E-state index contributed by atoms with van der Waals surface area (Å²) in [6.45, 7) is 0.186. The van der Waals surface area contributed by atoms with Crippen molar-refractivity contribution < 1.29 is 18.4 Å². The lowest BCUT2D eigenvalue weighted by molar-refractivity contribution is 0.101. The minimum absolute atomic E-state index is 0.0146. The quantitative estimate of drug-likeness (QED) is 0.922. The van der Waals surface area contributed by atoms with Crippen molar-refractivity contribution in [2.45, 2.75) is 6.61 Å². The van der Waals surface area contributed by atoms with Crippen LogP contribution in [0.5, 0.6) is 0 Å². The fraction of sp³-hybridized carbons (Fsp3) is 0.154. The molecule has 0 atom stereocenters. The molecule has 1 aromatic carbocycles. The first-order valence-corrected chi connectivity index (χ1v) is 5.59. The summed E-state index contributed by atoms with van der Waals surface area (Å²) in [5.41, 5.74) is 0.149. The number of aromatic nitrogens is 1. The molecular weight excluding hydrogens is 265 g/mol. The van der Waals surface area contributed by atoms with Crippen molar-refractivity contribution in [1.82, 2.24) is 5.16 Å². The number of amides is 1. The van der Waals surface area contributed by atoms with Gasteiger partial charge in [-0.15, -0.1) is 0 Å². The third-order valence-electron chi connectivity index (χ3n) is 2.42. The Kier molecular flexibility index (Phi) is 4.08. The maximum atomic E-state index is 13.6. The minimum Gasteiger partial charge on any atom is -0.377 e. The van der Waals surface area contributed by atoms with E-state index in [9.17, 15) is 9.18 Å². The van der Waals surface area contributed by atoms with E-state index in [0.29, 0.717) is 5.76 Å². The van der Waals surface area contributed by atoms with Gasteiger partial charge in [0, 0.05) is 13.2 Å². The third kappa shape index (κ3) is 2.99. The maximum absolute atomic E-state index is 13.6. The Labute approximate surface area is 113 Å². The van der Waals surface area contributed by atoms with Gasteiger partial charge in [-0.1, -0.05) is 5.16 Å². The van der Waals surface area contributed by atoms with Crippen molar-refractivity contribution in [3.63, 3.8) is 0 Å². The lowest BCUT2D eigenvalue weighted by Crippen LogP contribution is -2.13. The molecule has 1 heterocycles. The maximum Gasteiger partial charge on any atom is 0.277 e. The van der Waals surface area contributed by atoms with Gasteiger partial charge in [0.15, 0.2) is 11.5 Å². The summed E-state index contributed by atoms with van der Waals surface area (Å²) < 4.78 is 23.3. The molecule has 0 aliphatic carbocycles. The van der Waals surface area contributed by atoms with Gasteiger partial charge in [-0.25, -0.2) is 4.39 Å². The molecule has 0 spiro atoms. The van der Waals surface area contributed by atoms with Gasteiger partial charge in [0.25, 0.3) is 5.91 Å². The van der Waals surface area contributed by atoms with Crippen LogP contribution in [0.1, 0.15) is 21.8 Å².